The molecule has 0 amide bonds. The molecule has 0 spiro atoms. The van der Waals surface area contributed by atoms with Gasteiger partial charge in [-0.25, -0.2) is 0 Å². The number of rotatable bonds is 3. The van der Waals surface area contributed by atoms with E-state index in [2.05, 4.69) is 21.2 Å². The number of β-amino-alcohol motifs (C(OH)–C–C–N with tert-alkyl or cyclic N) is 1. The number of halogens is 1. The molecular weight excluding hydrogens is 292 g/mol. The predicted octanol–water partition coefficient (Wildman–Crippen LogP) is 1.07. The highest BCUT2D eigenvalue weighted by atomic mass is 79.9. The molecule has 92 valence electrons. The number of ether oxygens (including phenoxy) is 1. The molecule has 6 nitrogen and oxygen atoms in total. The fraction of sp³-hybridized carbons (Fsp3) is 0.400. The molecule has 0 aliphatic carbocycles. The number of aliphatic hydroxyl groups excluding tert-OH is 1. The van der Waals surface area contributed by atoms with Crippen LogP contribution in [0, 0.1) is 10.1 Å². The Morgan fingerprint density at radius 1 is 1.47 bits per heavy atom. The van der Waals surface area contributed by atoms with Crippen LogP contribution in [-0.4, -0.2) is 35.3 Å². The second-order valence-electron chi connectivity index (χ2n) is 3.78. The first-order valence-corrected chi connectivity index (χ1v) is 5.86. The van der Waals surface area contributed by atoms with Crippen molar-refractivity contribution in [3.63, 3.8) is 0 Å². The molecule has 1 aromatic carbocycles. The SMILES string of the molecule is O=[N+]([O-])c1cc(Br)cc(OC2CNCC2O)c1. The van der Waals surface area contributed by atoms with Crippen LogP contribution in [0.2, 0.25) is 0 Å². The number of benzene rings is 1. The fourth-order valence-corrected chi connectivity index (χ4v) is 2.12. The lowest BCUT2D eigenvalue weighted by molar-refractivity contribution is -0.385. The Kier molecular flexibility index (Phi) is 3.60. The quantitative estimate of drug-likeness (QED) is 0.644. The standard InChI is InChI=1S/C10H11BrN2O4/c11-6-1-7(13(15)16)3-8(2-6)17-10-5-12-4-9(10)14/h1-3,9-10,12,14H,4-5H2. The second-order valence-corrected chi connectivity index (χ2v) is 4.70. The van der Waals surface area contributed by atoms with E-state index >= 15 is 0 Å². The topological polar surface area (TPSA) is 84.6 Å². The van der Waals surface area contributed by atoms with E-state index in [-0.39, 0.29) is 11.8 Å². The summed E-state index contributed by atoms with van der Waals surface area (Å²) in [5.74, 6) is 0.374. The Hall–Kier alpha value is -1.18. The zero-order chi connectivity index (χ0) is 12.4. The first-order valence-electron chi connectivity index (χ1n) is 5.06. The van der Waals surface area contributed by atoms with Gasteiger partial charge in [0.25, 0.3) is 5.69 Å². The third-order valence-corrected chi connectivity index (χ3v) is 2.94. The Bertz CT molecular complexity index is 440. The van der Waals surface area contributed by atoms with Gasteiger partial charge in [-0.15, -0.1) is 0 Å². The van der Waals surface area contributed by atoms with Crippen LogP contribution in [0.4, 0.5) is 5.69 Å². The maximum absolute atomic E-state index is 10.7. The van der Waals surface area contributed by atoms with Gasteiger partial charge in [0.15, 0.2) is 0 Å². The van der Waals surface area contributed by atoms with Gasteiger partial charge in [-0.05, 0) is 6.07 Å². The maximum Gasteiger partial charge on any atom is 0.274 e. The van der Waals surface area contributed by atoms with Crippen LogP contribution in [0.1, 0.15) is 0 Å². The number of nitrogens with one attached hydrogen (secondary N) is 1. The normalized spacial score (nSPS) is 23.6. The van der Waals surface area contributed by atoms with E-state index in [1.165, 1.54) is 12.1 Å². The highest BCUT2D eigenvalue weighted by Crippen LogP contribution is 2.27. The maximum atomic E-state index is 10.7. The summed E-state index contributed by atoms with van der Waals surface area (Å²) in [6.07, 6.45) is -0.961. The minimum absolute atomic E-state index is 0.0465. The molecule has 2 rings (SSSR count). The molecule has 17 heavy (non-hydrogen) atoms. The van der Waals surface area contributed by atoms with E-state index in [4.69, 9.17) is 4.74 Å². The molecule has 1 saturated heterocycles. The van der Waals surface area contributed by atoms with Crippen molar-refractivity contribution in [3.8, 4) is 5.75 Å². The van der Waals surface area contributed by atoms with E-state index in [1.807, 2.05) is 0 Å². The highest BCUT2D eigenvalue weighted by Gasteiger charge is 2.27. The monoisotopic (exact) mass is 302 g/mol. The van der Waals surface area contributed by atoms with E-state index in [1.54, 1.807) is 6.07 Å². The van der Waals surface area contributed by atoms with Crippen molar-refractivity contribution in [2.24, 2.45) is 0 Å². The van der Waals surface area contributed by atoms with Gasteiger partial charge in [-0.2, -0.15) is 0 Å². The molecule has 7 heteroatoms. The Balaban J connectivity index is 2.17. The van der Waals surface area contributed by atoms with E-state index in [9.17, 15) is 15.2 Å². The van der Waals surface area contributed by atoms with Crippen LogP contribution < -0.4 is 10.1 Å². The Labute approximate surface area is 106 Å². The van der Waals surface area contributed by atoms with Crippen molar-refractivity contribution in [1.82, 2.24) is 5.32 Å². The van der Waals surface area contributed by atoms with Gasteiger partial charge in [0, 0.05) is 23.6 Å². The molecule has 1 fully saturated rings. The number of hydrogen-bond acceptors (Lipinski definition) is 5. The van der Waals surface area contributed by atoms with Gasteiger partial charge < -0.3 is 15.2 Å². The van der Waals surface area contributed by atoms with Crippen molar-refractivity contribution in [2.45, 2.75) is 12.2 Å². The molecule has 1 aliphatic heterocycles. The fourth-order valence-electron chi connectivity index (χ4n) is 1.66. The van der Waals surface area contributed by atoms with Gasteiger partial charge in [0.2, 0.25) is 0 Å². The molecular formula is C10H11BrN2O4. The first-order chi connectivity index (χ1) is 8.06. The number of aliphatic hydroxyl groups is 1. The number of nitrogens with zero attached hydrogens (tertiary/aromatic N) is 1. The average Bonchev–Trinajstić information content (AvgIpc) is 2.63. The zero-order valence-corrected chi connectivity index (χ0v) is 10.4. The summed E-state index contributed by atoms with van der Waals surface area (Å²) in [4.78, 5) is 10.2. The summed E-state index contributed by atoms with van der Waals surface area (Å²) in [5.41, 5.74) is -0.0465. The van der Waals surface area contributed by atoms with Crippen LogP contribution in [0.3, 0.4) is 0 Å². The molecule has 0 aromatic heterocycles. The van der Waals surface area contributed by atoms with Gasteiger partial charge in [-0.1, -0.05) is 15.9 Å². The summed E-state index contributed by atoms with van der Waals surface area (Å²) in [5, 5.41) is 23.2. The van der Waals surface area contributed by atoms with Crippen molar-refractivity contribution in [3.05, 3.63) is 32.8 Å². The Morgan fingerprint density at radius 2 is 2.24 bits per heavy atom. The smallest absolute Gasteiger partial charge is 0.274 e. The summed E-state index contributed by atoms with van der Waals surface area (Å²) < 4.78 is 6.08. The van der Waals surface area contributed by atoms with Gasteiger partial charge in [0.05, 0.1) is 11.0 Å². The zero-order valence-electron chi connectivity index (χ0n) is 8.80. The molecule has 1 aliphatic rings. The summed E-state index contributed by atoms with van der Waals surface area (Å²) in [7, 11) is 0. The second kappa shape index (κ2) is 4.99. The number of nitro benzene ring substituents is 1. The van der Waals surface area contributed by atoms with Crippen LogP contribution >= 0.6 is 15.9 Å². The minimum atomic E-state index is -0.590. The summed E-state index contributed by atoms with van der Waals surface area (Å²) >= 11 is 3.18. The van der Waals surface area contributed by atoms with Crippen LogP contribution in [0.15, 0.2) is 22.7 Å². The molecule has 2 N–H and O–H groups in total. The van der Waals surface area contributed by atoms with Crippen molar-refractivity contribution in [1.29, 1.82) is 0 Å². The highest BCUT2D eigenvalue weighted by molar-refractivity contribution is 9.10. The molecule has 2 atom stereocenters. The number of nitro groups is 1. The van der Waals surface area contributed by atoms with Crippen LogP contribution in [0.25, 0.3) is 0 Å². The lowest BCUT2D eigenvalue weighted by atomic mass is 10.2. The lowest BCUT2D eigenvalue weighted by Crippen LogP contribution is -2.29. The third-order valence-electron chi connectivity index (χ3n) is 2.48. The molecule has 0 saturated carbocycles. The largest absolute Gasteiger partial charge is 0.486 e. The average molecular weight is 303 g/mol. The van der Waals surface area contributed by atoms with E-state index < -0.39 is 11.0 Å². The summed E-state index contributed by atoms with van der Waals surface area (Å²) in [6, 6.07) is 4.38. The van der Waals surface area contributed by atoms with Crippen LogP contribution in [0.5, 0.6) is 5.75 Å². The molecule has 1 heterocycles. The number of hydrogen-bond donors (Lipinski definition) is 2. The van der Waals surface area contributed by atoms with E-state index in [0.29, 0.717) is 23.3 Å². The summed E-state index contributed by atoms with van der Waals surface area (Å²) in [6.45, 7) is 1.00. The first kappa shape index (κ1) is 12.3. The molecule has 1 aromatic rings. The molecule has 2 unspecified atom stereocenters. The third kappa shape index (κ3) is 2.93. The van der Waals surface area contributed by atoms with Gasteiger partial charge in [-0.3, -0.25) is 10.1 Å². The van der Waals surface area contributed by atoms with Gasteiger partial charge in [0.1, 0.15) is 18.0 Å². The predicted molar refractivity (Wildman–Crippen MR) is 64.1 cm³/mol. The number of non-ortho nitro benzene ring substituents is 1. The van der Waals surface area contributed by atoms with Crippen molar-refractivity contribution < 1.29 is 14.8 Å². The Morgan fingerprint density at radius 3 is 2.82 bits per heavy atom. The minimum Gasteiger partial charge on any atom is -0.486 e. The van der Waals surface area contributed by atoms with Crippen LogP contribution in [-0.2, 0) is 0 Å². The van der Waals surface area contributed by atoms with Crippen molar-refractivity contribution in [2.75, 3.05) is 13.1 Å². The van der Waals surface area contributed by atoms with Crippen molar-refractivity contribution >= 4 is 21.6 Å². The van der Waals surface area contributed by atoms with Gasteiger partial charge >= 0.3 is 0 Å². The molecule has 0 bridgehead atoms. The lowest BCUT2D eigenvalue weighted by Gasteiger charge is -2.16. The molecule has 0 radical (unpaired) electrons. The van der Waals surface area contributed by atoms with E-state index in [0.717, 1.165) is 0 Å².